The first-order chi connectivity index (χ1) is 9.11. The van der Waals surface area contributed by atoms with Crippen molar-refractivity contribution >= 4 is 0 Å². The number of benzene rings is 1. The standard InChI is InChI=1S/C13H11F3N2O/c1-17-6-8-5-9(14)7-18-13(8)19-11-4-2-3-10(15)12(11)16/h2-5,7,17H,6H2,1H3. The summed E-state index contributed by atoms with van der Waals surface area (Å²) in [4.78, 5) is 3.74. The van der Waals surface area contributed by atoms with E-state index in [9.17, 15) is 13.2 Å². The minimum Gasteiger partial charge on any atom is -0.435 e. The van der Waals surface area contributed by atoms with Crippen molar-refractivity contribution in [1.82, 2.24) is 10.3 Å². The highest BCUT2D eigenvalue weighted by molar-refractivity contribution is 5.33. The van der Waals surface area contributed by atoms with Gasteiger partial charge in [0.25, 0.3) is 0 Å². The van der Waals surface area contributed by atoms with Crippen LogP contribution in [0.15, 0.2) is 30.5 Å². The second-order valence-corrected chi connectivity index (χ2v) is 3.80. The van der Waals surface area contributed by atoms with Gasteiger partial charge in [0.05, 0.1) is 6.20 Å². The third-order valence-corrected chi connectivity index (χ3v) is 2.38. The third kappa shape index (κ3) is 3.03. The van der Waals surface area contributed by atoms with Crippen molar-refractivity contribution in [2.45, 2.75) is 6.54 Å². The van der Waals surface area contributed by atoms with E-state index in [1.165, 1.54) is 18.2 Å². The fourth-order valence-corrected chi connectivity index (χ4v) is 1.54. The molecule has 1 heterocycles. The van der Waals surface area contributed by atoms with Crippen molar-refractivity contribution in [2.24, 2.45) is 0 Å². The highest BCUT2D eigenvalue weighted by Gasteiger charge is 2.13. The zero-order valence-corrected chi connectivity index (χ0v) is 10.1. The van der Waals surface area contributed by atoms with Gasteiger partial charge in [-0.15, -0.1) is 0 Å². The Bertz CT molecular complexity index is 590. The van der Waals surface area contributed by atoms with Crippen LogP contribution in [0.4, 0.5) is 13.2 Å². The number of ether oxygens (including phenoxy) is 1. The molecule has 0 fully saturated rings. The van der Waals surface area contributed by atoms with Gasteiger partial charge in [0.15, 0.2) is 11.6 Å². The average molecular weight is 268 g/mol. The first kappa shape index (κ1) is 13.4. The zero-order valence-electron chi connectivity index (χ0n) is 10.1. The van der Waals surface area contributed by atoms with Crippen LogP contribution in [-0.2, 0) is 6.54 Å². The van der Waals surface area contributed by atoms with Crippen LogP contribution in [0.3, 0.4) is 0 Å². The van der Waals surface area contributed by atoms with E-state index in [-0.39, 0.29) is 18.2 Å². The third-order valence-electron chi connectivity index (χ3n) is 2.38. The molecule has 0 aliphatic carbocycles. The molecule has 1 aromatic heterocycles. The number of aromatic nitrogens is 1. The first-order valence-electron chi connectivity index (χ1n) is 5.52. The molecule has 19 heavy (non-hydrogen) atoms. The van der Waals surface area contributed by atoms with Gasteiger partial charge in [-0.25, -0.2) is 13.8 Å². The number of hydrogen-bond acceptors (Lipinski definition) is 3. The monoisotopic (exact) mass is 268 g/mol. The Labute approximate surface area is 108 Å². The Morgan fingerprint density at radius 2 is 2.05 bits per heavy atom. The highest BCUT2D eigenvalue weighted by Crippen LogP contribution is 2.27. The largest absolute Gasteiger partial charge is 0.435 e. The Kier molecular flexibility index (Phi) is 4.01. The lowest BCUT2D eigenvalue weighted by Gasteiger charge is -2.10. The number of nitrogens with one attached hydrogen (secondary N) is 1. The fraction of sp³-hybridized carbons (Fsp3) is 0.154. The van der Waals surface area contributed by atoms with E-state index < -0.39 is 17.5 Å². The molecule has 2 aromatic rings. The smallest absolute Gasteiger partial charge is 0.224 e. The molecule has 2 rings (SSSR count). The van der Waals surface area contributed by atoms with Crippen LogP contribution in [0.2, 0.25) is 0 Å². The van der Waals surface area contributed by atoms with Gasteiger partial charge in [-0.1, -0.05) is 6.07 Å². The van der Waals surface area contributed by atoms with Crippen LogP contribution in [0, 0.1) is 17.5 Å². The molecular weight excluding hydrogens is 257 g/mol. The number of rotatable bonds is 4. The maximum Gasteiger partial charge on any atom is 0.224 e. The molecule has 0 spiro atoms. The van der Waals surface area contributed by atoms with Crippen molar-refractivity contribution in [2.75, 3.05) is 7.05 Å². The van der Waals surface area contributed by atoms with Crippen molar-refractivity contribution < 1.29 is 17.9 Å². The number of halogens is 3. The summed E-state index contributed by atoms with van der Waals surface area (Å²) in [5, 5.41) is 2.81. The molecule has 0 radical (unpaired) electrons. The van der Waals surface area contributed by atoms with Crippen molar-refractivity contribution in [1.29, 1.82) is 0 Å². The summed E-state index contributed by atoms with van der Waals surface area (Å²) in [6.07, 6.45) is 0.950. The minimum atomic E-state index is -1.11. The van der Waals surface area contributed by atoms with Gasteiger partial charge in [-0.05, 0) is 25.2 Å². The lowest BCUT2D eigenvalue weighted by Crippen LogP contribution is -2.08. The van der Waals surface area contributed by atoms with E-state index >= 15 is 0 Å². The van der Waals surface area contributed by atoms with E-state index in [0.29, 0.717) is 5.56 Å². The summed E-state index contributed by atoms with van der Waals surface area (Å²) in [6.45, 7) is 0.289. The maximum atomic E-state index is 13.5. The molecule has 0 aliphatic heterocycles. The van der Waals surface area contributed by atoms with Gasteiger partial charge in [-0.3, -0.25) is 0 Å². The van der Waals surface area contributed by atoms with E-state index in [1.54, 1.807) is 7.05 Å². The van der Waals surface area contributed by atoms with E-state index in [0.717, 1.165) is 12.3 Å². The lowest BCUT2D eigenvalue weighted by molar-refractivity contribution is 0.399. The van der Waals surface area contributed by atoms with Gasteiger partial charge in [0, 0.05) is 12.1 Å². The Morgan fingerprint density at radius 1 is 1.26 bits per heavy atom. The average Bonchev–Trinajstić information content (AvgIpc) is 2.38. The summed E-state index contributed by atoms with van der Waals surface area (Å²) in [6, 6.07) is 4.78. The summed E-state index contributed by atoms with van der Waals surface area (Å²) < 4.78 is 44.8. The quantitative estimate of drug-likeness (QED) is 0.925. The molecule has 0 saturated heterocycles. The molecule has 0 saturated carbocycles. The first-order valence-corrected chi connectivity index (χ1v) is 5.52. The van der Waals surface area contributed by atoms with Crippen LogP contribution >= 0.6 is 0 Å². The maximum absolute atomic E-state index is 13.5. The normalized spacial score (nSPS) is 10.5. The van der Waals surface area contributed by atoms with Gasteiger partial charge in [0.2, 0.25) is 11.7 Å². The van der Waals surface area contributed by atoms with Crippen LogP contribution in [0.25, 0.3) is 0 Å². The lowest BCUT2D eigenvalue weighted by atomic mass is 10.2. The Hall–Kier alpha value is -2.08. The molecule has 100 valence electrons. The van der Waals surface area contributed by atoms with Crippen LogP contribution < -0.4 is 10.1 Å². The van der Waals surface area contributed by atoms with Crippen molar-refractivity contribution in [3.8, 4) is 11.6 Å². The molecule has 3 nitrogen and oxygen atoms in total. The Balaban J connectivity index is 2.35. The molecule has 0 bridgehead atoms. The molecule has 0 unspecified atom stereocenters. The summed E-state index contributed by atoms with van der Waals surface area (Å²) in [7, 11) is 1.66. The molecular formula is C13H11F3N2O. The van der Waals surface area contributed by atoms with E-state index in [4.69, 9.17) is 4.74 Å². The summed E-state index contributed by atoms with van der Waals surface area (Å²) in [5.41, 5.74) is 0.408. The number of nitrogens with zero attached hydrogens (tertiary/aromatic N) is 1. The predicted octanol–water partition coefficient (Wildman–Crippen LogP) is 3.01. The van der Waals surface area contributed by atoms with Gasteiger partial charge in [0.1, 0.15) is 5.82 Å². The fourth-order valence-electron chi connectivity index (χ4n) is 1.54. The zero-order chi connectivity index (χ0) is 13.8. The molecule has 6 heteroatoms. The van der Waals surface area contributed by atoms with Crippen LogP contribution in [0.1, 0.15) is 5.56 Å². The molecule has 0 aliphatic rings. The summed E-state index contributed by atoms with van der Waals surface area (Å²) >= 11 is 0. The molecule has 1 aromatic carbocycles. The minimum absolute atomic E-state index is 0.0280. The van der Waals surface area contributed by atoms with Gasteiger partial charge < -0.3 is 10.1 Å². The number of hydrogen-bond donors (Lipinski definition) is 1. The van der Waals surface area contributed by atoms with Crippen molar-refractivity contribution in [3.63, 3.8) is 0 Å². The topological polar surface area (TPSA) is 34.2 Å². The second-order valence-electron chi connectivity index (χ2n) is 3.80. The SMILES string of the molecule is CNCc1cc(F)cnc1Oc1cccc(F)c1F. The van der Waals surface area contributed by atoms with Crippen LogP contribution in [0.5, 0.6) is 11.6 Å². The molecule has 0 amide bonds. The number of pyridine rings is 1. The highest BCUT2D eigenvalue weighted by atomic mass is 19.2. The van der Waals surface area contributed by atoms with E-state index in [2.05, 4.69) is 10.3 Å². The van der Waals surface area contributed by atoms with Gasteiger partial charge in [-0.2, -0.15) is 4.39 Å². The predicted molar refractivity (Wildman–Crippen MR) is 63.4 cm³/mol. The second kappa shape index (κ2) is 5.71. The summed E-state index contributed by atoms with van der Waals surface area (Å²) in [5.74, 6) is -2.92. The molecule has 0 atom stereocenters. The van der Waals surface area contributed by atoms with Gasteiger partial charge >= 0.3 is 0 Å². The Morgan fingerprint density at radius 3 is 2.79 bits per heavy atom. The van der Waals surface area contributed by atoms with Crippen molar-refractivity contribution in [3.05, 3.63) is 53.5 Å². The molecule has 1 N–H and O–H groups in total. The van der Waals surface area contributed by atoms with Crippen LogP contribution in [-0.4, -0.2) is 12.0 Å². The van der Waals surface area contributed by atoms with E-state index in [1.807, 2.05) is 0 Å².